The molecule has 4 heteroatoms. The van der Waals surface area contributed by atoms with E-state index in [2.05, 4.69) is 4.98 Å². The van der Waals surface area contributed by atoms with Crippen LogP contribution < -0.4 is 0 Å². The number of rotatable bonds is 4. The quantitative estimate of drug-likeness (QED) is 0.781. The fourth-order valence-corrected chi connectivity index (χ4v) is 1.69. The van der Waals surface area contributed by atoms with Gasteiger partial charge in [0, 0.05) is 19.3 Å². The molecule has 0 bridgehead atoms. The van der Waals surface area contributed by atoms with Crippen LogP contribution in [0.15, 0.2) is 18.5 Å². The summed E-state index contributed by atoms with van der Waals surface area (Å²) in [7, 11) is 0. The monoisotopic (exact) mass is 222 g/mol. The van der Waals surface area contributed by atoms with Gasteiger partial charge in [-0.2, -0.15) is 0 Å². The molecule has 0 aliphatic heterocycles. The van der Waals surface area contributed by atoms with Crippen molar-refractivity contribution in [3.05, 3.63) is 29.8 Å². The third-order valence-electron chi connectivity index (χ3n) is 2.85. The van der Waals surface area contributed by atoms with Crippen LogP contribution in [0.25, 0.3) is 0 Å². The number of nitrogens with zero attached hydrogens (tertiary/aromatic N) is 2. The maximum atomic E-state index is 13.4. The molecule has 0 unspecified atom stereocenters. The van der Waals surface area contributed by atoms with Gasteiger partial charge in [0.05, 0.1) is 11.8 Å². The number of hydrogen-bond acceptors (Lipinski definition) is 2. The molecule has 0 aromatic carbocycles. The van der Waals surface area contributed by atoms with E-state index in [1.807, 2.05) is 6.92 Å². The van der Waals surface area contributed by atoms with E-state index in [1.165, 1.54) is 25.1 Å². The number of pyridine rings is 1. The second-order valence-corrected chi connectivity index (χ2v) is 4.14. The number of carbonyl (C=O) groups is 1. The van der Waals surface area contributed by atoms with Gasteiger partial charge < -0.3 is 4.90 Å². The molecular weight excluding hydrogens is 207 g/mol. The van der Waals surface area contributed by atoms with Gasteiger partial charge in [-0.15, -0.1) is 0 Å². The molecule has 0 spiro atoms. The molecule has 1 aromatic rings. The van der Waals surface area contributed by atoms with Gasteiger partial charge in [0.25, 0.3) is 5.91 Å². The average molecular weight is 222 g/mol. The fourth-order valence-electron chi connectivity index (χ4n) is 1.69. The van der Waals surface area contributed by atoms with E-state index in [-0.39, 0.29) is 11.5 Å². The Balaban J connectivity index is 2.12. The molecule has 0 atom stereocenters. The summed E-state index contributed by atoms with van der Waals surface area (Å²) in [6.07, 6.45) is 4.89. The van der Waals surface area contributed by atoms with Crippen LogP contribution in [-0.2, 0) is 0 Å². The van der Waals surface area contributed by atoms with E-state index >= 15 is 0 Å². The molecule has 0 N–H and O–H groups in total. The normalized spacial score (nSPS) is 14.9. The van der Waals surface area contributed by atoms with Crippen molar-refractivity contribution < 1.29 is 9.18 Å². The molecule has 1 saturated carbocycles. The maximum absolute atomic E-state index is 13.4. The van der Waals surface area contributed by atoms with Crippen LogP contribution in [0.2, 0.25) is 0 Å². The van der Waals surface area contributed by atoms with Gasteiger partial charge in [-0.1, -0.05) is 0 Å². The molecule has 2 rings (SSSR count). The number of halogens is 1. The lowest BCUT2D eigenvalue weighted by Crippen LogP contribution is -2.33. The summed E-state index contributed by atoms with van der Waals surface area (Å²) < 4.78 is 13.4. The first-order valence-corrected chi connectivity index (χ1v) is 5.61. The van der Waals surface area contributed by atoms with Crippen molar-refractivity contribution in [3.8, 4) is 0 Å². The Labute approximate surface area is 94.3 Å². The van der Waals surface area contributed by atoms with Crippen molar-refractivity contribution in [1.82, 2.24) is 9.88 Å². The molecule has 1 aromatic heterocycles. The predicted octanol–water partition coefficient (Wildman–Crippen LogP) is 2.09. The Morgan fingerprint density at radius 1 is 1.62 bits per heavy atom. The minimum Gasteiger partial charge on any atom is -0.339 e. The molecule has 86 valence electrons. The van der Waals surface area contributed by atoms with E-state index in [1.54, 1.807) is 4.90 Å². The van der Waals surface area contributed by atoms with Gasteiger partial charge in [0.2, 0.25) is 0 Å². The van der Waals surface area contributed by atoms with Gasteiger partial charge in [0.15, 0.2) is 5.82 Å². The Hall–Kier alpha value is -1.45. The zero-order valence-electron chi connectivity index (χ0n) is 9.32. The molecule has 3 nitrogen and oxygen atoms in total. The summed E-state index contributed by atoms with van der Waals surface area (Å²) in [4.78, 5) is 17.4. The number of hydrogen-bond donors (Lipinski definition) is 0. The standard InChI is InChI=1S/C12H15FN2O/c1-2-15(8-9-3-4-9)12(16)10-5-6-14-7-11(10)13/h5-7,9H,2-4,8H2,1H3. The van der Waals surface area contributed by atoms with Crippen LogP contribution in [0.4, 0.5) is 4.39 Å². The van der Waals surface area contributed by atoms with Crippen LogP contribution >= 0.6 is 0 Å². The smallest absolute Gasteiger partial charge is 0.256 e. The zero-order chi connectivity index (χ0) is 11.5. The number of carbonyl (C=O) groups excluding carboxylic acids is 1. The lowest BCUT2D eigenvalue weighted by molar-refractivity contribution is 0.0752. The lowest BCUT2D eigenvalue weighted by atomic mass is 10.2. The van der Waals surface area contributed by atoms with Crippen molar-refractivity contribution in [2.45, 2.75) is 19.8 Å². The highest BCUT2D eigenvalue weighted by atomic mass is 19.1. The van der Waals surface area contributed by atoms with E-state index in [9.17, 15) is 9.18 Å². The van der Waals surface area contributed by atoms with Crippen molar-refractivity contribution >= 4 is 5.91 Å². The summed E-state index contributed by atoms with van der Waals surface area (Å²) in [5.41, 5.74) is 0.123. The van der Waals surface area contributed by atoms with E-state index in [0.717, 1.165) is 12.7 Å². The molecule has 1 aliphatic carbocycles. The van der Waals surface area contributed by atoms with Gasteiger partial charge in [-0.3, -0.25) is 9.78 Å². The third-order valence-corrected chi connectivity index (χ3v) is 2.85. The molecular formula is C12H15FN2O. The first kappa shape index (κ1) is 11.0. The topological polar surface area (TPSA) is 33.2 Å². The van der Waals surface area contributed by atoms with Crippen LogP contribution in [-0.4, -0.2) is 28.9 Å². The summed E-state index contributed by atoms with van der Waals surface area (Å²) in [5.74, 6) is -0.148. The Kier molecular flexibility index (Phi) is 3.17. The Morgan fingerprint density at radius 2 is 2.38 bits per heavy atom. The second-order valence-electron chi connectivity index (χ2n) is 4.14. The van der Waals surface area contributed by atoms with Crippen molar-refractivity contribution in [1.29, 1.82) is 0 Å². The second kappa shape index (κ2) is 4.60. The summed E-state index contributed by atoms with van der Waals surface area (Å²) in [6.45, 7) is 3.29. The van der Waals surface area contributed by atoms with Crippen LogP contribution in [0.3, 0.4) is 0 Å². The molecule has 16 heavy (non-hydrogen) atoms. The number of amides is 1. The molecule has 1 amide bonds. The first-order chi connectivity index (χ1) is 7.72. The highest BCUT2D eigenvalue weighted by Gasteiger charge is 2.27. The minimum absolute atomic E-state index is 0.123. The molecule has 0 radical (unpaired) electrons. The van der Waals surface area contributed by atoms with E-state index in [4.69, 9.17) is 0 Å². The highest BCUT2D eigenvalue weighted by molar-refractivity contribution is 5.94. The predicted molar refractivity (Wildman–Crippen MR) is 58.5 cm³/mol. The zero-order valence-corrected chi connectivity index (χ0v) is 9.32. The van der Waals surface area contributed by atoms with Crippen molar-refractivity contribution in [3.63, 3.8) is 0 Å². The van der Waals surface area contributed by atoms with Gasteiger partial charge in [-0.25, -0.2) is 4.39 Å². The Bertz CT molecular complexity index is 390. The summed E-state index contributed by atoms with van der Waals surface area (Å²) in [6, 6.07) is 1.44. The highest BCUT2D eigenvalue weighted by Crippen LogP contribution is 2.30. The SMILES string of the molecule is CCN(CC1CC1)C(=O)c1ccncc1F. The molecule has 1 aliphatic rings. The van der Waals surface area contributed by atoms with Crippen LogP contribution in [0.5, 0.6) is 0 Å². The van der Waals surface area contributed by atoms with Gasteiger partial charge >= 0.3 is 0 Å². The van der Waals surface area contributed by atoms with E-state index in [0.29, 0.717) is 12.5 Å². The largest absolute Gasteiger partial charge is 0.339 e. The van der Waals surface area contributed by atoms with Gasteiger partial charge in [0.1, 0.15) is 0 Å². The first-order valence-electron chi connectivity index (χ1n) is 5.61. The lowest BCUT2D eigenvalue weighted by Gasteiger charge is -2.20. The molecule has 1 fully saturated rings. The van der Waals surface area contributed by atoms with Gasteiger partial charge in [-0.05, 0) is 31.7 Å². The maximum Gasteiger partial charge on any atom is 0.256 e. The van der Waals surface area contributed by atoms with Crippen molar-refractivity contribution in [2.75, 3.05) is 13.1 Å². The minimum atomic E-state index is -0.540. The van der Waals surface area contributed by atoms with Crippen molar-refractivity contribution in [2.24, 2.45) is 5.92 Å². The van der Waals surface area contributed by atoms with Crippen LogP contribution in [0, 0.1) is 11.7 Å². The van der Waals surface area contributed by atoms with Crippen LogP contribution in [0.1, 0.15) is 30.1 Å². The average Bonchev–Trinajstić information content (AvgIpc) is 3.09. The third kappa shape index (κ3) is 2.38. The summed E-state index contributed by atoms with van der Waals surface area (Å²) in [5, 5.41) is 0. The van der Waals surface area contributed by atoms with E-state index < -0.39 is 5.82 Å². The molecule has 1 heterocycles. The Morgan fingerprint density at radius 3 is 2.94 bits per heavy atom. The molecule has 0 saturated heterocycles. The summed E-state index contributed by atoms with van der Waals surface area (Å²) >= 11 is 0. The fraction of sp³-hybridized carbons (Fsp3) is 0.500. The number of aromatic nitrogens is 1.